The molecule has 4 rings (SSSR count). The largest absolute Gasteiger partial charge is 0.316 e. The highest BCUT2D eigenvalue weighted by atomic mass is 32.1. The Labute approximate surface area is 133 Å². The van der Waals surface area contributed by atoms with E-state index in [2.05, 4.69) is 30.6 Å². The molecule has 22 heavy (non-hydrogen) atoms. The molecule has 1 aromatic carbocycles. The van der Waals surface area contributed by atoms with E-state index in [9.17, 15) is 0 Å². The lowest BCUT2D eigenvalue weighted by Crippen LogP contribution is -2.01. The Kier molecular flexibility index (Phi) is 3.37. The summed E-state index contributed by atoms with van der Waals surface area (Å²) in [6.07, 6.45) is 3.49. The van der Waals surface area contributed by atoms with Crippen LogP contribution < -0.4 is 10.6 Å². The summed E-state index contributed by atoms with van der Waals surface area (Å²) >= 11 is 3.03. The van der Waals surface area contributed by atoms with Gasteiger partial charge >= 0.3 is 0 Å². The number of nitrogens with zero attached hydrogens (tertiary/aromatic N) is 4. The van der Waals surface area contributed by atoms with Crippen LogP contribution in [0.15, 0.2) is 47.4 Å². The third-order valence-corrected chi connectivity index (χ3v) is 4.29. The summed E-state index contributed by atoms with van der Waals surface area (Å²) in [7, 11) is 0. The van der Waals surface area contributed by atoms with Gasteiger partial charge in [-0.1, -0.05) is 12.1 Å². The first-order chi connectivity index (χ1) is 10.9. The normalized spacial score (nSPS) is 10.7. The minimum Gasteiger partial charge on any atom is -0.316 e. The molecule has 0 fully saturated rings. The zero-order valence-corrected chi connectivity index (χ0v) is 12.9. The number of aromatic nitrogens is 4. The molecule has 0 radical (unpaired) electrons. The van der Waals surface area contributed by atoms with Crippen molar-refractivity contribution < 1.29 is 0 Å². The minimum absolute atomic E-state index is 0.507. The molecule has 6 nitrogen and oxygen atoms in total. The van der Waals surface area contributed by atoms with Crippen molar-refractivity contribution in [2.75, 3.05) is 10.6 Å². The SMILES string of the molecule is c1ccc2c(Nc3nccs3)nc(Nc3nccs3)nc2c1. The van der Waals surface area contributed by atoms with Crippen LogP contribution in [-0.4, -0.2) is 19.9 Å². The van der Waals surface area contributed by atoms with Crippen LogP contribution in [0.4, 0.5) is 22.0 Å². The summed E-state index contributed by atoms with van der Waals surface area (Å²) in [4.78, 5) is 17.5. The van der Waals surface area contributed by atoms with Crippen LogP contribution in [0.5, 0.6) is 0 Å². The fraction of sp³-hybridized carbons (Fsp3) is 0. The van der Waals surface area contributed by atoms with Crippen molar-refractivity contribution in [3.8, 4) is 0 Å². The average Bonchev–Trinajstić information content (AvgIpc) is 3.21. The quantitative estimate of drug-likeness (QED) is 0.590. The lowest BCUT2D eigenvalue weighted by atomic mass is 10.2. The molecule has 0 atom stereocenters. The lowest BCUT2D eigenvalue weighted by molar-refractivity contribution is 1.20. The van der Waals surface area contributed by atoms with Gasteiger partial charge < -0.3 is 5.32 Å². The number of rotatable bonds is 4. The summed E-state index contributed by atoms with van der Waals surface area (Å²) in [6.45, 7) is 0. The fourth-order valence-electron chi connectivity index (χ4n) is 2.00. The van der Waals surface area contributed by atoms with Crippen molar-refractivity contribution in [3.05, 3.63) is 47.4 Å². The topological polar surface area (TPSA) is 75.6 Å². The molecule has 8 heteroatoms. The predicted octanol–water partition coefficient (Wildman–Crippen LogP) is 4.03. The fourth-order valence-corrected chi connectivity index (χ4v) is 3.05. The monoisotopic (exact) mass is 326 g/mol. The van der Waals surface area contributed by atoms with Crippen LogP contribution in [0.25, 0.3) is 10.9 Å². The second-order valence-electron chi connectivity index (χ2n) is 4.34. The molecule has 0 aliphatic rings. The number of nitrogens with one attached hydrogen (secondary N) is 2. The predicted molar refractivity (Wildman–Crippen MR) is 90.3 cm³/mol. The standard InChI is InChI=1S/C14H10N6S2/c1-2-4-10-9(3-1)11(19-13-15-5-7-21-13)18-12(17-10)20-14-16-6-8-22-14/h1-8H,(H2,15,16,17,18,19,20). The van der Waals surface area contributed by atoms with Gasteiger partial charge in [-0.05, 0) is 12.1 Å². The molecule has 2 N–H and O–H groups in total. The maximum atomic E-state index is 4.55. The molecule has 0 amide bonds. The molecule has 4 aromatic rings. The molecular formula is C14H10N6S2. The van der Waals surface area contributed by atoms with E-state index in [0.29, 0.717) is 5.95 Å². The Hall–Kier alpha value is -2.58. The number of hydrogen-bond acceptors (Lipinski definition) is 8. The number of fused-ring (bicyclic) bond motifs is 1. The highest BCUT2D eigenvalue weighted by molar-refractivity contribution is 7.14. The smallest absolute Gasteiger partial charge is 0.231 e. The second-order valence-corrected chi connectivity index (χ2v) is 6.13. The molecule has 3 aromatic heterocycles. The second kappa shape index (κ2) is 5.66. The highest BCUT2D eigenvalue weighted by Crippen LogP contribution is 2.27. The van der Waals surface area contributed by atoms with Crippen molar-refractivity contribution in [3.63, 3.8) is 0 Å². The first-order valence-corrected chi connectivity index (χ1v) is 8.24. The van der Waals surface area contributed by atoms with E-state index >= 15 is 0 Å². The zero-order chi connectivity index (χ0) is 14.8. The molecule has 108 valence electrons. The Bertz CT molecular complexity index is 889. The van der Waals surface area contributed by atoms with Crippen LogP contribution in [0.2, 0.25) is 0 Å². The number of thiazole rings is 2. The number of hydrogen-bond donors (Lipinski definition) is 2. The first-order valence-electron chi connectivity index (χ1n) is 6.48. The van der Waals surface area contributed by atoms with E-state index in [4.69, 9.17) is 0 Å². The van der Waals surface area contributed by atoms with Crippen LogP contribution in [0, 0.1) is 0 Å². The van der Waals surface area contributed by atoms with E-state index in [-0.39, 0.29) is 0 Å². The molecule has 3 heterocycles. The van der Waals surface area contributed by atoms with Crippen molar-refractivity contribution in [1.82, 2.24) is 19.9 Å². The summed E-state index contributed by atoms with van der Waals surface area (Å²) in [5, 5.41) is 12.7. The van der Waals surface area contributed by atoms with Gasteiger partial charge in [-0.2, -0.15) is 4.98 Å². The van der Waals surface area contributed by atoms with Gasteiger partial charge in [0, 0.05) is 28.5 Å². The van der Waals surface area contributed by atoms with Crippen molar-refractivity contribution >= 4 is 55.6 Å². The molecule has 0 aliphatic heterocycles. The molecule has 0 saturated heterocycles. The van der Waals surface area contributed by atoms with Crippen molar-refractivity contribution in [2.45, 2.75) is 0 Å². The summed E-state index contributed by atoms with van der Waals surface area (Å²) < 4.78 is 0. The summed E-state index contributed by atoms with van der Waals surface area (Å²) in [6, 6.07) is 7.86. The van der Waals surface area contributed by atoms with Gasteiger partial charge in [0.1, 0.15) is 5.82 Å². The highest BCUT2D eigenvalue weighted by Gasteiger charge is 2.09. The third-order valence-electron chi connectivity index (χ3n) is 2.91. The van der Waals surface area contributed by atoms with Crippen LogP contribution in [0.3, 0.4) is 0 Å². The summed E-state index contributed by atoms with van der Waals surface area (Å²) in [5.74, 6) is 1.23. The number of para-hydroxylation sites is 1. The number of benzene rings is 1. The van der Waals surface area contributed by atoms with Gasteiger partial charge in [-0.15, -0.1) is 22.7 Å². The Balaban J connectivity index is 1.78. The summed E-state index contributed by atoms with van der Waals surface area (Å²) in [5.41, 5.74) is 0.857. The van der Waals surface area contributed by atoms with Crippen LogP contribution in [0.1, 0.15) is 0 Å². The number of anilines is 4. The van der Waals surface area contributed by atoms with Gasteiger partial charge in [-0.3, -0.25) is 5.32 Å². The zero-order valence-electron chi connectivity index (χ0n) is 11.2. The molecule has 0 saturated carbocycles. The van der Waals surface area contributed by atoms with Crippen LogP contribution >= 0.6 is 22.7 Å². The van der Waals surface area contributed by atoms with E-state index in [1.807, 2.05) is 35.0 Å². The Morgan fingerprint density at radius 3 is 2.27 bits per heavy atom. The van der Waals surface area contributed by atoms with Gasteiger partial charge in [0.05, 0.1) is 5.52 Å². The minimum atomic E-state index is 0.507. The Morgan fingerprint density at radius 2 is 1.55 bits per heavy atom. The Morgan fingerprint density at radius 1 is 0.818 bits per heavy atom. The maximum absolute atomic E-state index is 4.55. The van der Waals surface area contributed by atoms with Gasteiger partial charge in [0.2, 0.25) is 5.95 Å². The third kappa shape index (κ3) is 2.61. The molecule has 0 spiro atoms. The molecule has 0 bridgehead atoms. The maximum Gasteiger partial charge on any atom is 0.231 e. The first kappa shape index (κ1) is 13.1. The molecule has 0 aliphatic carbocycles. The molecule has 0 unspecified atom stereocenters. The van der Waals surface area contributed by atoms with Crippen molar-refractivity contribution in [2.24, 2.45) is 0 Å². The van der Waals surface area contributed by atoms with E-state index < -0.39 is 0 Å². The van der Waals surface area contributed by atoms with Crippen LogP contribution in [-0.2, 0) is 0 Å². The lowest BCUT2D eigenvalue weighted by Gasteiger charge is -2.09. The molecular weight excluding hydrogens is 316 g/mol. The van der Waals surface area contributed by atoms with Gasteiger partial charge in [0.25, 0.3) is 0 Å². The van der Waals surface area contributed by atoms with Crippen molar-refractivity contribution in [1.29, 1.82) is 0 Å². The van der Waals surface area contributed by atoms with Gasteiger partial charge in [-0.25, -0.2) is 15.0 Å². The van der Waals surface area contributed by atoms with E-state index in [0.717, 1.165) is 27.0 Å². The van der Waals surface area contributed by atoms with Gasteiger partial charge in [0.15, 0.2) is 10.3 Å². The average molecular weight is 326 g/mol. The van der Waals surface area contributed by atoms with E-state index in [1.54, 1.807) is 12.4 Å². The van der Waals surface area contributed by atoms with E-state index in [1.165, 1.54) is 22.7 Å².